The smallest absolute Gasteiger partial charge is 0.358 e. The van der Waals surface area contributed by atoms with Crippen molar-refractivity contribution in [3.63, 3.8) is 0 Å². The molecule has 0 saturated heterocycles. The zero-order valence-electron chi connectivity index (χ0n) is 11.1. The number of aromatic nitrogens is 2. The van der Waals surface area contributed by atoms with E-state index in [1.165, 1.54) is 6.92 Å². The lowest BCUT2D eigenvalue weighted by Gasteiger charge is -2.03. The number of carbonyl (C=O) groups excluding carboxylic acids is 1. The van der Waals surface area contributed by atoms with Crippen molar-refractivity contribution in [2.45, 2.75) is 13.8 Å². The second kappa shape index (κ2) is 5.31. The molecule has 1 heterocycles. The van der Waals surface area contributed by atoms with Crippen molar-refractivity contribution in [3.05, 3.63) is 21.4 Å². The van der Waals surface area contributed by atoms with E-state index in [4.69, 9.17) is 5.11 Å². The third-order valence-electron chi connectivity index (χ3n) is 2.89. The second-order valence-corrected chi connectivity index (χ2v) is 5.41. The van der Waals surface area contributed by atoms with E-state index in [-0.39, 0.29) is 0 Å². The summed E-state index contributed by atoms with van der Waals surface area (Å²) >= 11 is 2.14. The van der Waals surface area contributed by atoms with Crippen LogP contribution in [-0.4, -0.2) is 32.4 Å². The van der Waals surface area contributed by atoms with Crippen LogP contribution in [0.1, 0.15) is 12.5 Å². The molecule has 0 aliphatic heterocycles. The van der Waals surface area contributed by atoms with E-state index in [1.54, 1.807) is 17.8 Å². The molecule has 0 aliphatic carbocycles. The number of fused-ring (bicyclic) bond motifs is 1. The number of hydrogen-bond acceptors (Lipinski definition) is 4. The standard InChI is InChI=1S/C13H12IN3O3/c1-6-4-8-10(17(3)16-12(8)14)5-9(6)15-11(7(2)18)13(19)20/h4-5H,1-3H3,(H,19,20). The van der Waals surface area contributed by atoms with Crippen molar-refractivity contribution in [3.8, 4) is 0 Å². The minimum Gasteiger partial charge on any atom is -0.476 e. The predicted molar refractivity (Wildman–Crippen MR) is 83.6 cm³/mol. The summed E-state index contributed by atoms with van der Waals surface area (Å²) in [4.78, 5) is 26.3. The Balaban J connectivity index is 2.69. The Kier molecular flexibility index (Phi) is 3.89. The molecule has 0 unspecified atom stereocenters. The van der Waals surface area contributed by atoms with Gasteiger partial charge in [0.15, 0.2) is 11.5 Å². The lowest BCUT2D eigenvalue weighted by Crippen LogP contribution is -2.20. The average molecular weight is 385 g/mol. The normalized spacial score (nSPS) is 11.9. The number of halogens is 1. The molecule has 0 saturated carbocycles. The van der Waals surface area contributed by atoms with Crippen LogP contribution < -0.4 is 0 Å². The molecule has 1 aromatic heterocycles. The van der Waals surface area contributed by atoms with Crippen molar-refractivity contribution < 1.29 is 14.7 Å². The first-order valence-electron chi connectivity index (χ1n) is 5.77. The minimum atomic E-state index is -1.32. The molecule has 1 N–H and O–H groups in total. The summed E-state index contributed by atoms with van der Waals surface area (Å²) in [6.45, 7) is 3.01. The first-order chi connectivity index (χ1) is 9.31. The zero-order chi connectivity index (χ0) is 15.0. The molecule has 7 heteroatoms. The molecule has 104 valence electrons. The molecule has 0 spiro atoms. The highest BCUT2D eigenvalue weighted by atomic mass is 127. The van der Waals surface area contributed by atoms with Crippen molar-refractivity contribution in [2.24, 2.45) is 12.0 Å². The number of benzene rings is 1. The van der Waals surface area contributed by atoms with Crippen LogP contribution in [0, 0.1) is 10.6 Å². The van der Waals surface area contributed by atoms with Crippen LogP contribution in [0.3, 0.4) is 0 Å². The molecule has 0 atom stereocenters. The van der Waals surface area contributed by atoms with Crippen LogP contribution in [0.15, 0.2) is 17.1 Å². The fourth-order valence-corrected chi connectivity index (χ4v) is 2.63. The molecule has 0 radical (unpaired) electrons. The number of carboxylic acids is 1. The number of nitrogens with zero attached hydrogens (tertiary/aromatic N) is 3. The van der Waals surface area contributed by atoms with E-state index in [0.29, 0.717) is 5.69 Å². The Morgan fingerprint density at radius 2 is 2.05 bits per heavy atom. The van der Waals surface area contributed by atoms with Crippen LogP contribution in [-0.2, 0) is 16.6 Å². The summed E-state index contributed by atoms with van der Waals surface area (Å²) in [6, 6.07) is 3.63. The lowest BCUT2D eigenvalue weighted by atomic mass is 10.1. The van der Waals surface area contributed by atoms with Crippen molar-refractivity contribution in [1.29, 1.82) is 0 Å². The molecule has 1 aromatic carbocycles. The molecule has 20 heavy (non-hydrogen) atoms. The molecule has 0 fully saturated rings. The van der Waals surface area contributed by atoms with E-state index >= 15 is 0 Å². The summed E-state index contributed by atoms with van der Waals surface area (Å²) in [7, 11) is 1.80. The van der Waals surface area contributed by atoms with Gasteiger partial charge in [0.1, 0.15) is 3.70 Å². The fraction of sp³-hybridized carbons (Fsp3) is 0.231. The highest BCUT2D eigenvalue weighted by Gasteiger charge is 2.16. The predicted octanol–water partition coefficient (Wildman–Crippen LogP) is 2.23. The number of aryl methyl sites for hydroxylation is 2. The van der Waals surface area contributed by atoms with E-state index in [2.05, 4.69) is 32.7 Å². The molecule has 0 bridgehead atoms. The molecular formula is C13H12IN3O3. The van der Waals surface area contributed by atoms with Crippen LogP contribution >= 0.6 is 22.6 Å². The van der Waals surface area contributed by atoms with Gasteiger partial charge in [0.2, 0.25) is 0 Å². The van der Waals surface area contributed by atoms with Gasteiger partial charge in [0.25, 0.3) is 0 Å². The third kappa shape index (κ3) is 2.58. The molecule has 0 amide bonds. The summed E-state index contributed by atoms with van der Waals surface area (Å²) in [5.74, 6) is -1.90. The summed E-state index contributed by atoms with van der Waals surface area (Å²) < 4.78 is 2.56. The Labute approximate surface area is 128 Å². The topological polar surface area (TPSA) is 84.5 Å². The van der Waals surface area contributed by atoms with Crippen molar-refractivity contribution in [2.75, 3.05) is 0 Å². The fourth-order valence-electron chi connectivity index (χ4n) is 1.88. The Hall–Kier alpha value is -1.77. The first kappa shape index (κ1) is 14.6. The molecule has 2 rings (SSSR count). The van der Waals surface area contributed by atoms with Gasteiger partial charge in [-0.1, -0.05) is 0 Å². The van der Waals surface area contributed by atoms with E-state index < -0.39 is 17.5 Å². The van der Waals surface area contributed by atoms with E-state index in [0.717, 1.165) is 20.2 Å². The van der Waals surface area contributed by atoms with Crippen LogP contribution in [0.4, 0.5) is 5.69 Å². The number of aliphatic carboxylic acids is 1. The Morgan fingerprint density at radius 1 is 1.40 bits per heavy atom. The minimum absolute atomic E-state index is 0.463. The van der Waals surface area contributed by atoms with Gasteiger partial charge in [-0.2, -0.15) is 5.10 Å². The van der Waals surface area contributed by atoms with Gasteiger partial charge in [0.05, 0.1) is 11.2 Å². The summed E-state index contributed by atoms with van der Waals surface area (Å²) in [6.07, 6.45) is 0. The highest BCUT2D eigenvalue weighted by Crippen LogP contribution is 2.28. The number of Topliss-reactive ketones (excluding diaryl/α,β-unsaturated/α-hetero) is 1. The van der Waals surface area contributed by atoms with Crippen LogP contribution in [0.25, 0.3) is 10.9 Å². The lowest BCUT2D eigenvalue weighted by molar-refractivity contribution is -0.130. The zero-order valence-corrected chi connectivity index (χ0v) is 13.3. The maximum Gasteiger partial charge on any atom is 0.358 e. The van der Waals surface area contributed by atoms with Gasteiger partial charge >= 0.3 is 5.97 Å². The molecule has 6 nitrogen and oxygen atoms in total. The number of carbonyl (C=O) groups is 2. The monoisotopic (exact) mass is 385 g/mol. The van der Waals surface area contributed by atoms with Gasteiger partial charge < -0.3 is 5.11 Å². The number of ketones is 1. The maximum absolute atomic E-state index is 11.3. The summed E-state index contributed by atoms with van der Waals surface area (Å²) in [5, 5.41) is 14.3. The van der Waals surface area contributed by atoms with Crippen molar-refractivity contribution in [1.82, 2.24) is 9.78 Å². The first-order valence-corrected chi connectivity index (χ1v) is 6.85. The molecule has 0 aliphatic rings. The molecular weight excluding hydrogens is 373 g/mol. The number of aliphatic imine (C=N–C) groups is 1. The summed E-state index contributed by atoms with van der Waals surface area (Å²) in [5.41, 5.74) is 1.63. The molecule has 2 aromatic rings. The van der Waals surface area contributed by atoms with Gasteiger partial charge in [0, 0.05) is 19.4 Å². The second-order valence-electron chi connectivity index (χ2n) is 4.39. The van der Waals surface area contributed by atoms with E-state index in [9.17, 15) is 9.59 Å². The van der Waals surface area contributed by atoms with Gasteiger partial charge in [-0.15, -0.1) is 0 Å². The number of rotatable bonds is 3. The van der Waals surface area contributed by atoms with Crippen LogP contribution in [0.2, 0.25) is 0 Å². The highest BCUT2D eigenvalue weighted by molar-refractivity contribution is 14.1. The van der Waals surface area contributed by atoms with Crippen molar-refractivity contribution >= 4 is 56.6 Å². The Bertz CT molecular complexity index is 746. The largest absolute Gasteiger partial charge is 0.476 e. The average Bonchev–Trinajstić information content (AvgIpc) is 2.60. The van der Waals surface area contributed by atoms with Crippen LogP contribution in [0.5, 0.6) is 0 Å². The SMILES string of the molecule is CC(=O)C(=Nc1cc2c(cc1C)c(I)nn2C)C(=O)O. The van der Waals surface area contributed by atoms with Gasteiger partial charge in [-0.3, -0.25) is 9.48 Å². The Morgan fingerprint density at radius 3 is 2.60 bits per heavy atom. The third-order valence-corrected chi connectivity index (χ3v) is 3.69. The van der Waals surface area contributed by atoms with Gasteiger partial charge in [-0.05, 0) is 47.2 Å². The number of hydrogen-bond donors (Lipinski definition) is 1. The van der Waals surface area contributed by atoms with Gasteiger partial charge in [-0.25, -0.2) is 9.79 Å². The quantitative estimate of drug-likeness (QED) is 0.499. The number of carboxylic acid groups (broad SMARTS) is 1. The van der Waals surface area contributed by atoms with E-state index in [1.807, 2.05) is 13.0 Å². The maximum atomic E-state index is 11.3.